The van der Waals surface area contributed by atoms with Gasteiger partial charge in [0.1, 0.15) is 0 Å². The molecule has 2 nitrogen and oxygen atoms in total. The minimum atomic E-state index is 0.155. The largest absolute Gasteiger partial charge is 0.356 e. The summed E-state index contributed by atoms with van der Waals surface area (Å²) in [5, 5.41) is 2.89. The Morgan fingerprint density at radius 2 is 2.36 bits per heavy atom. The van der Waals surface area contributed by atoms with Gasteiger partial charge >= 0.3 is 0 Å². The minimum absolute atomic E-state index is 0.155. The van der Waals surface area contributed by atoms with Crippen LogP contribution in [0.15, 0.2) is 12.7 Å². The van der Waals surface area contributed by atoms with Gasteiger partial charge in [0.2, 0.25) is 5.91 Å². The lowest BCUT2D eigenvalue weighted by atomic mass is 9.97. The molecular formula is C12H21NO. The van der Waals surface area contributed by atoms with Gasteiger partial charge in [-0.1, -0.05) is 13.0 Å². The minimum Gasteiger partial charge on any atom is -0.356 e. The zero-order valence-electron chi connectivity index (χ0n) is 9.25. The Labute approximate surface area is 86.8 Å². The van der Waals surface area contributed by atoms with E-state index in [4.69, 9.17) is 0 Å². The summed E-state index contributed by atoms with van der Waals surface area (Å²) < 4.78 is 0. The van der Waals surface area contributed by atoms with Crippen LogP contribution >= 0.6 is 0 Å². The zero-order chi connectivity index (χ0) is 10.6. The zero-order valence-corrected chi connectivity index (χ0v) is 9.25. The van der Waals surface area contributed by atoms with Crippen LogP contribution in [0.4, 0.5) is 0 Å². The summed E-state index contributed by atoms with van der Waals surface area (Å²) in [5.41, 5.74) is 0. The fraction of sp³-hybridized carbons (Fsp3) is 0.750. The van der Waals surface area contributed by atoms with E-state index in [0.717, 1.165) is 31.2 Å². The van der Waals surface area contributed by atoms with Gasteiger partial charge in [0.05, 0.1) is 0 Å². The topological polar surface area (TPSA) is 29.1 Å². The molecule has 1 fully saturated rings. The molecule has 3 atom stereocenters. The van der Waals surface area contributed by atoms with Crippen molar-refractivity contribution in [3.05, 3.63) is 12.7 Å². The predicted octanol–water partition coefficient (Wildman–Crippen LogP) is 2.36. The van der Waals surface area contributed by atoms with Gasteiger partial charge in [-0.2, -0.15) is 0 Å². The average molecular weight is 195 g/mol. The molecule has 1 aliphatic carbocycles. The van der Waals surface area contributed by atoms with Crippen molar-refractivity contribution in [2.75, 3.05) is 6.54 Å². The smallest absolute Gasteiger partial charge is 0.223 e. The molecule has 0 saturated heterocycles. The fourth-order valence-electron chi connectivity index (χ4n) is 1.92. The summed E-state index contributed by atoms with van der Waals surface area (Å²) in [6.45, 7) is 8.66. The van der Waals surface area contributed by atoms with E-state index in [9.17, 15) is 4.79 Å². The Balaban J connectivity index is 2.37. The number of rotatable bonds is 6. The van der Waals surface area contributed by atoms with Gasteiger partial charge in [-0.25, -0.2) is 0 Å². The Hall–Kier alpha value is -0.790. The van der Waals surface area contributed by atoms with Crippen molar-refractivity contribution in [1.82, 2.24) is 5.32 Å². The third kappa shape index (κ3) is 3.17. The molecule has 14 heavy (non-hydrogen) atoms. The summed E-state index contributed by atoms with van der Waals surface area (Å²) in [5.74, 6) is 1.97. The van der Waals surface area contributed by atoms with Crippen molar-refractivity contribution in [3.63, 3.8) is 0 Å². The summed E-state index contributed by atoms with van der Waals surface area (Å²) in [7, 11) is 0. The Morgan fingerprint density at radius 1 is 1.71 bits per heavy atom. The van der Waals surface area contributed by atoms with E-state index >= 15 is 0 Å². The molecular weight excluding hydrogens is 174 g/mol. The van der Waals surface area contributed by atoms with Crippen molar-refractivity contribution in [2.24, 2.45) is 17.8 Å². The quantitative estimate of drug-likeness (QED) is 0.648. The van der Waals surface area contributed by atoms with Crippen LogP contribution in [-0.2, 0) is 4.79 Å². The SMILES string of the molecule is C=CCC(CC1CC1C)C(=O)NCC. The average Bonchev–Trinajstić information content (AvgIpc) is 2.81. The maximum absolute atomic E-state index is 11.6. The molecule has 0 radical (unpaired) electrons. The molecule has 0 aromatic carbocycles. The maximum atomic E-state index is 11.6. The van der Waals surface area contributed by atoms with Crippen LogP contribution in [0.1, 0.15) is 33.1 Å². The van der Waals surface area contributed by atoms with Gasteiger partial charge in [-0.15, -0.1) is 6.58 Å². The van der Waals surface area contributed by atoms with E-state index in [2.05, 4.69) is 18.8 Å². The van der Waals surface area contributed by atoms with Gasteiger partial charge in [-0.3, -0.25) is 4.79 Å². The first-order chi connectivity index (χ1) is 6.69. The molecule has 0 spiro atoms. The second-order valence-corrected chi connectivity index (χ2v) is 4.32. The van der Waals surface area contributed by atoms with E-state index in [1.807, 2.05) is 13.0 Å². The molecule has 1 aliphatic rings. The second kappa shape index (κ2) is 5.18. The number of hydrogen-bond donors (Lipinski definition) is 1. The Bertz CT molecular complexity index is 212. The molecule has 1 rings (SSSR count). The van der Waals surface area contributed by atoms with Crippen molar-refractivity contribution < 1.29 is 4.79 Å². The van der Waals surface area contributed by atoms with Crippen LogP contribution in [-0.4, -0.2) is 12.5 Å². The summed E-state index contributed by atoms with van der Waals surface area (Å²) in [6.07, 6.45) is 5.01. The second-order valence-electron chi connectivity index (χ2n) is 4.32. The maximum Gasteiger partial charge on any atom is 0.223 e. The Kier molecular flexibility index (Phi) is 4.18. The highest BCUT2D eigenvalue weighted by molar-refractivity contribution is 5.78. The number of amides is 1. The van der Waals surface area contributed by atoms with E-state index in [1.54, 1.807) is 0 Å². The van der Waals surface area contributed by atoms with Gasteiger partial charge in [0.25, 0.3) is 0 Å². The number of allylic oxidation sites excluding steroid dienone is 1. The van der Waals surface area contributed by atoms with Crippen LogP contribution in [0.5, 0.6) is 0 Å². The fourth-order valence-corrected chi connectivity index (χ4v) is 1.92. The molecule has 0 aliphatic heterocycles. The summed E-state index contributed by atoms with van der Waals surface area (Å²) >= 11 is 0. The number of hydrogen-bond acceptors (Lipinski definition) is 1. The number of carbonyl (C=O) groups is 1. The number of carbonyl (C=O) groups excluding carboxylic acids is 1. The molecule has 1 N–H and O–H groups in total. The summed E-state index contributed by atoms with van der Waals surface area (Å²) in [4.78, 5) is 11.6. The lowest BCUT2D eigenvalue weighted by Crippen LogP contribution is -2.30. The molecule has 0 heterocycles. The van der Waals surface area contributed by atoms with Crippen LogP contribution in [0.2, 0.25) is 0 Å². The third-order valence-corrected chi connectivity index (χ3v) is 3.04. The van der Waals surface area contributed by atoms with Crippen LogP contribution < -0.4 is 5.32 Å². The standard InChI is InChI=1S/C12H21NO/c1-4-6-10(12(14)13-5-2)8-11-7-9(11)3/h4,9-11H,1,5-8H2,2-3H3,(H,13,14). The molecule has 0 bridgehead atoms. The molecule has 1 amide bonds. The highest BCUT2D eigenvalue weighted by atomic mass is 16.1. The highest BCUT2D eigenvalue weighted by Gasteiger charge is 2.35. The molecule has 0 aromatic heterocycles. The van der Waals surface area contributed by atoms with E-state index < -0.39 is 0 Å². The lowest BCUT2D eigenvalue weighted by Gasteiger charge is -2.13. The van der Waals surface area contributed by atoms with Gasteiger partial charge < -0.3 is 5.32 Å². The Morgan fingerprint density at radius 3 is 2.79 bits per heavy atom. The van der Waals surface area contributed by atoms with Crippen molar-refractivity contribution in [2.45, 2.75) is 33.1 Å². The van der Waals surface area contributed by atoms with Crippen LogP contribution in [0.25, 0.3) is 0 Å². The molecule has 2 heteroatoms. The molecule has 3 unspecified atom stereocenters. The number of nitrogens with one attached hydrogen (secondary N) is 1. The highest BCUT2D eigenvalue weighted by Crippen LogP contribution is 2.43. The van der Waals surface area contributed by atoms with E-state index in [1.165, 1.54) is 6.42 Å². The lowest BCUT2D eigenvalue weighted by molar-refractivity contribution is -0.125. The first kappa shape index (κ1) is 11.3. The van der Waals surface area contributed by atoms with Crippen LogP contribution in [0, 0.1) is 17.8 Å². The van der Waals surface area contributed by atoms with Crippen molar-refractivity contribution in [3.8, 4) is 0 Å². The first-order valence-corrected chi connectivity index (χ1v) is 5.57. The van der Waals surface area contributed by atoms with Crippen LogP contribution in [0.3, 0.4) is 0 Å². The van der Waals surface area contributed by atoms with Crippen molar-refractivity contribution >= 4 is 5.91 Å². The van der Waals surface area contributed by atoms with Gasteiger partial charge in [0.15, 0.2) is 0 Å². The monoisotopic (exact) mass is 195 g/mol. The van der Waals surface area contributed by atoms with E-state index in [0.29, 0.717) is 0 Å². The van der Waals surface area contributed by atoms with Gasteiger partial charge in [0, 0.05) is 12.5 Å². The molecule has 0 aromatic rings. The molecule has 1 saturated carbocycles. The summed E-state index contributed by atoms with van der Waals surface area (Å²) in [6, 6.07) is 0. The van der Waals surface area contributed by atoms with Crippen molar-refractivity contribution in [1.29, 1.82) is 0 Å². The third-order valence-electron chi connectivity index (χ3n) is 3.04. The predicted molar refractivity (Wildman–Crippen MR) is 58.9 cm³/mol. The first-order valence-electron chi connectivity index (χ1n) is 5.57. The molecule has 80 valence electrons. The van der Waals surface area contributed by atoms with Gasteiger partial charge in [-0.05, 0) is 38.0 Å². The normalized spacial score (nSPS) is 26.7. The van der Waals surface area contributed by atoms with E-state index in [-0.39, 0.29) is 11.8 Å².